The summed E-state index contributed by atoms with van der Waals surface area (Å²) in [6.45, 7) is 7.72. The third-order valence-electron chi connectivity index (χ3n) is 2.95. The van der Waals surface area contributed by atoms with Gasteiger partial charge in [-0.1, -0.05) is 19.3 Å². The van der Waals surface area contributed by atoms with E-state index >= 15 is 0 Å². The van der Waals surface area contributed by atoms with Crippen molar-refractivity contribution in [3.8, 4) is 11.8 Å². The highest BCUT2D eigenvalue weighted by Gasteiger charge is 2.43. The Morgan fingerprint density at radius 2 is 2.10 bits per heavy atom. The number of aliphatic hydroxyl groups excluding tert-OH is 1. The SMILES string of the molecule is CCC[C@H]1OC(C)(C)O[C@@H]1[C@@H](O)CC#CC(=O)OCC. The number of carbonyl (C=O) groups excluding carboxylic acids is 1. The molecule has 5 nitrogen and oxygen atoms in total. The molecule has 5 heteroatoms. The van der Waals surface area contributed by atoms with Crippen LogP contribution in [0.4, 0.5) is 0 Å². The van der Waals surface area contributed by atoms with E-state index < -0.39 is 24.0 Å². The number of hydrogen-bond donors (Lipinski definition) is 1. The van der Waals surface area contributed by atoms with Crippen LogP contribution < -0.4 is 0 Å². The molecule has 1 fully saturated rings. The minimum atomic E-state index is -0.782. The highest BCUT2D eigenvalue weighted by atomic mass is 16.8. The van der Waals surface area contributed by atoms with Crippen LogP contribution in [0.2, 0.25) is 0 Å². The van der Waals surface area contributed by atoms with Crippen molar-refractivity contribution in [3.63, 3.8) is 0 Å². The van der Waals surface area contributed by atoms with Gasteiger partial charge in [0.15, 0.2) is 5.79 Å². The lowest BCUT2D eigenvalue weighted by molar-refractivity contribution is -0.155. The smallest absolute Gasteiger partial charge is 0.384 e. The van der Waals surface area contributed by atoms with Crippen LogP contribution in [0.1, 0.15) is 47.0 Å². The first-order valence-corrected chi connectivity index (χ1v) is 7.09. The van der Waals surface area contributed by atoms with Crippen molar-refractivity contribution < 1.29 is 24.1 Å². The molecule has 0 aromatic heterocycles. The topological polar surface area (TPSA) is 65.0 Å². The molecule has 1 N–H and O–H groups in total. The molecule has 1 aliphatic rings. The van der Waals surface area contributed by atoms with Crippen LogP contribution in [0.5, 0.6) is 0 Å². The summed E-state index contributed by atoms with van der Waals surface area (Å²) in [7, 11) is 0. The molecule has 0 amide bonds. The summed E-state index contributed by atoms with van der Waals surface area (Å²) in [5, 5.41) is 10.2. The predicted molar refractivity (Wildman–Crippen MR) is 73.8 cm³/mol. The van der Waals surface area contributed by atoms with Crippen molar-refractivity contribution in [1.82, 2.24) is 0 Å². The number of esters is 1. The number of rotatable bonds is 5. The summed E-state index contributed by atoms with van der Waals surface area (Å²) >= 11 is 0. The summed E-state index contributed by atoms with van der Waals surface area (Å²) in [5.74, 6) is 3.69. The molecule has 114 valence electrons. The van der Waals surface area contributed by atoms with Crippen molar-refractivity contribution in [2.24, 2.45) is 0 Å². The van der Waals surface area contributed by atoms with Crippen LogP contribution in [0.3, 0.4) is 0 Å². The Hall–Kier alpha value is -1.09. The van der Waals surface area contributed by atoms with Crippen molar-refractivity contribution in [1.29, 1.82) is 0 Å². The van der Waals surface area contributed by atoms with E-state index in [1.54, 1.807) is 6.92 Å². The zero-order valence-corrected chi connectivity index (χ0v) is 12.6. The third kappa shape index (κ3) is 5.12. The first-order valence-electron chi connectivity index (χ1n) is 7.09. The average Bonchev–Trinajstić information content (AvgIpc) is 2.65. The maximum atomic E-state index is 11.1. The Morgan fingerprint density at radius 3 is 2.70 bits per heavy atom. The van der Waals surface area contributed by atoms with E-state index in [2.05, 4.69) is 18.8 Å². The maximum absolute atomic E-state index is 11.1. The summed E-state index contributed by atoms with van der Waals surface area (Å²) in [6, 6.07) is 0. The fourth-order valence-electron chi connectivity index (χ4n) is 2.21. The van der Waals surface area contributed by atoms with Gasteiger partial charge in [0.1, 0.15) is 6.10 Å². The van der Waals surface area contributed by atoms with Gasteiger partial charge < -0.3 is 19.3 Å². The van der Waals surface area contributed by atoms with Gasteiger partial charge in [-0.3, -0.25) is 0 Å². The van der Waals surface area contributed by atoms with Gasteiger partial charge >= 0.3 is 5.97 Å². The molecule has 1 rings (SSSR count). The monoisotopic (exact) mass is 284 g/mol. The van der Waals surface area contributed by atoms with Gasteiger partial charge in [0, 0.05) is 12.3 Å². The van der Waals surface area contributed by atoms with Crippen molar-refractivity contribution in [3.05, 3.63) is 0 Å². The van der Waals surface area contributed by atoms with Crippen molar-refractivity contribution in [2.75, 3.05) is 6.61 Å². The molecule has 1 saturated heterocycles. The van der Waals surface area contributed by atoms with Crippen LogP contribution in [-0.4, -0.2) is 41.8 Å². The lowest BCUT2D eigenvalue weighted by Crippen LogP contribution is -2.35. The van der Waals surface area contributed by atoms with Gasteiger partial charge in [0.25, 0.3) is 0 Å². The fraction of sp³-hybridized carbons (Fsp3) is 0.800. The number of hydrogen-bond acceptors (Lipinski definition) is 5. The normalized spacial score (nSPS) is 25.6. The zero-order chi connectivity index (χ0) is 15.2. The van der Waals surface area contributed by atoms with E-state index in [4.69, 9.17) is 14.2 Å². The highest BCUT2D eigenvalue weighted by molar-refractivity contribution is 5.88. The Labute approximate surface area is 120 Å². The van der Waals surface area contributed by atoms with Gasteiger partial charge in [0.05, 0.1) is 18.8 Å². The molecule has 0 unspecified atom stereocenters. The Balaban J connectivity index is 2.56. The van der Waals surface area contributed by atoms with Gasteiger partial charge in [0.2, 0.25) is 0 Å². The largest absolute Gasteiger partial charge is 0.456 e. The second-order valence-electron chi connectivity index (χ2n) is 5.22. The van der Waals surface area contributed by atoms with Gasteiger partial charge in [-0.15, -0.1) is 0 Å². The standard InChI is InChI=1S/C15H24O5/c1-5-8-12-14(20-15(3,4)19-12)11(16)9-7-10-13(17)18-6-2/h11-12,14,16H,5-6,8-9H2,1-4H3/t11-,12+,14+/m0/s1. The molecule has 0 saturated carbocycles. The van der Waals surface area contributed by atoms with Crippen LogP contribution >= 0.6 is 0 Å². The number of aliphatic hydroxyl groups is 1. The summed E-state index contributed by atoms with van der Waals surface area (Å²) in [6.07, 6.45) is 0.577. The second kappa shape index (κ2) is 7.63. The summed E-state index contributed by atoms with van der Waals surface area (Å²) < 4.78 is 16.2. The molecule has 20 heavy (non-hydrogen) atoms. The van der Waals surface area contributed by atoms with E-state index in [-0.39, 0.29) is 12.5 Å². The molecule has 3 atom stereocenters. The molecular formula is C15H24O5. The van der Waals surface area contributed by atoms with E-state index in [0.717, 1.165) is 12.8 Å². The predicted octanol–water partition coefficient (Wildman–Crippen LogP) is 1.62. The minimum absolute atomic E-state index is 0.144. The van der Waals surface area contributed by atoms with Crippen LogP contribution in [-0.2, 0) is 19.0 Å². The van der Waals surface area contributed by atoms with Gasteiger partial charge in [-0.25, -0.2) is 4.79 Å². The molecule has 0 aromatic rings. The molecular weight excluding hydrogens is 260 g/mol. The molecule has 1 heterocycles. The minimum Gasteiger partial charge on any atom is -0.456 e. The second-order valence-corrected chi connectivity index (χ2v) is 5.22. The van der Waals surface area contributed by atoms with E-state index in [9.17, 15) is 9.90 Å². The van der Waals surface area contributed by atoms with E-state index in [1.807, 2.05) is 13.8 Å². The lowest BCUT2D eigenvalue weighted by Gasteiger charge is -2.20. The van der Waals surface area contributed by atoms with Crippen LogP contribution in [0, 0.1) is 11.8 Å². The van der Waals surface area contributed by atoms with Crippen LogP contribution in [0.25, 0.3) is 0 Å². The molecule has 0 radical (unpaired) electrons. The quantitative estimate of drug-likeness (QED) is 0.472. The highest BCUT2D eigenvalue weighted by Crippen LogP contribution is 2.32. The summed E-state index contributed by atoms with van der Waals surface area (Å²) in [4.78, 5) is 11.1. The first kappa shape index (κ1) is 17.0. The molecule has 0 bridgehead atoms. The molecule has 0 spiro atoms. The lowest BCUT2D eigenvalue weighted by atomic mass is 10.0. The van der Waals surface area contributed by atoms with Gasteiger partial charge in [-0.05, 0) is 27.2 Å². The number of carbonyl (C=O) groups is 1. The van der Waals surface area contributed by atoms with Crippen molar-refractivity contribution >= 4 is 5.97 Å². The zero-order valence-electron chi connectivity index (χ0n) is 12.6. The first-order chi connectivity index (χ1) is 9.39. The van der Waals surface area contributed by atoms with E-state index in [0.29, 0.717) is 6.61 Å². The Morgan fingerprint density at radius 1 is 1.40 bits per heavy atom. The number of ether oxygens (including phenoxy) is 3. The van der Waals surface area contributed by atoms with E-state index in [1.165, 1.54) is 0 Å². The third-order valence-corrected chi connectivity index (χ3v) is 2.95. The molecule has 0 aromatic carbocycles. The average molecular weight is 284 g/mol. The Bertz CT molecular complexity index is 379. The fourth-order valence-corrected chi connectivity index (χ4v) is 2.21. The van der Waals surface area contributed by atoms with Crippen molar-refractivity contribution in [2.45, 2.75) is 71.1 Å². The molecule has 1 aliphatic heterocycles. The molecule has 0 aliphatic carbocycles. The maximum Gasteiger partial charge on any atom is 0.384 e. The van der Waals surface area contributed by atoms with Crippen LogP contribution in [0.15, 0.2) is 0 Å². The van der Waals surface area contributed by atoms with Gasteiger partial charge in [-0.2, -0.15) is 0 Å². The summed E-state index contributed by atoms with van der Waals surface area (Å²) in [5.41, 5.74) is 0. The Kier molecular flexibility index (Phi) is 6.47.